The van der Waals surface area contributed by atoms with Crippen molar-refractivity contribution in [2.75, 3.05) is 13.6 Å². The Kier molecular flexibility index (Phi) is 3.90. The van der Waals surface area contributed by atoms with Crippen LogP contribution in [-0.4, -0.2) is 24.4 Å². The van der Waals surface area contributed by atoms with Crippen molar-refractivity contribution in [3.63, 3.8) is 0 Å². The van der Waals surface area contributed by atoms with Gasteiger partial charge in [-0.3, -0.25) is 9.69 Å². The van der Waals surface area contributed by atoms with Crippen LogP contribution in [0.15, 0.2) is 15.9 Å². The molecule has 1 aromatic heterocycles. The van der Waals surface area contributed by atoms with Crippen LogP contribution in [0.4, 0.5) is 0 Å². The Bertz CT molecular complexity index is 300. The molecule has 1 aromatic rings. The van der Waals surface area contributed by atoms with Gasteiger partial charge in [0.05, 0.1) is 10.3 Å². The second-order valence-corrected chi connectivity index (χ2v) is 5.39. The smallest absolute Gasteiger partial charge is 0.231 e. The van der Waals surface area contributed by atoms with Crippen LogP contribution < -0.4 is 5.73 Å². The minimum atomic E-state index is -0.293. The molecule has 0 fully saturated rings. The fourth-order valence-electron chi connectivity index (χ4n) is 1.02. The zero-order valence-corrected chi connectivity index (χ0v) is 9.69. The van der Waals surface area contributed by atoms with Crippen LogP contribution >= 0.6 is 27.3 Å². The third-order valence-electron chi connectivity index (χ3n) is 1.48. The van der Waals surface area contributed by atoms with Crippen LogP contribution in [0.1, 0.15) is 4.88 Å². The summed E-state index contributed by atoms with van der Waals surface area (Å²) in [5.74, 6) is -0.293. The lowest BCUT2D eigenvalue weighted by Gasteiger charge is -2.12. The normalized spacial score (nSPS) is 10.7. The SMILES string of the molecule is CN(CC(N)=O)Cc1ccc(Br)s1. The fourth-order valence-corrected chi connectivity index (χ4v) is 2.59. The minimum absolute atomic E-state index is 0.293. The van der Waals surface area contributed by atoms with E-state index in [1.165, 1.54) is 4.88 Å². The van der Waals surface area contributed by atoms with Crippen LogP contribution in [-0.2, 0) is 11.3 Å². The van der Waals surface area contributed by atoms with Crippen LogP contribution in [0, 0.1) is 0 Å². The highest BCUT2D eigenvalue weighted by molar-refractivity contribution is 9.11. The fraction of sp³-hybridized carbons (Fsp3) is 0.375. The number of carbonyl (C=O) groups excluding carboxylic acids is 1. The van der Waals surface area contributed by atoms with Crippen LogP contribution in [0.5, 0.6) is 0 Å². The first kappa shape index (κ1) is 10.7. The maximum Gasteiger partial charge on any atom is 0.231 e. The van der Waals surface area contributed by atoms with Gasteiger partial charge in [0.1, 0.15) is 0 Å². The Balaban J connectivity index is 2.44. The van der Waals surface area contributed by atoms with E-state index < -0.39 is 0 Å². The summed E-state index contributed by atoms with van der Waals surface area (Å²) in [6.07, 6.45) is 0. The predicted molar refractivity (Wildman–Crippen MR) is 57.5 cm³/mol. The third kappa shape index (κ3) is 3.89. The van der Waals surface area contributed by atoms with E-state index in [4.69, 9.17) is 5.73 Å². The van der Waals surface area contributed by atoms with Crippen molar-refractivity contribution in [1.82, 2.24) is 4.90 Å². The average Bonchev–Trinajstić information content (AvgIpc) is 2.33. The first-order valence-corrected chi connectivity index (χ1v) is 5.40. The molecule has 0 atom stereocenters. The van der Waals surface area contributed by atoms with Gasteiger partial charge in [0, 0.05) is 11.4 Å². The van der Waals surface area contributed by atoms with Crippen molar-refractivity contribution in [3.05, 3.63) is 20.8 Å². The molecule has 0 unspecified atom stereocenters. The monoisotopic (exact) mass is 262 g/mol. The summed E-state index contributed by atoms with van der Waals surface area (Å²) in [7, 11) is 1.87. The molecule has 3 nitrogen and oxygen atoms in total. The molecule has 5 heteroatoms. The molecule has 0 aliphatic heterocycles. The van der Waals surface area contributed by atoms with Crippen LogP contribution in [0.25, 0.3) is 0 Å². The molecule has 2 N–H and O–H groups in total. The van der Waals surface area contributed by atoms with Crippen LogP contribution in [0.2, 0.25) is 0 Å². The summed E-state index contributed by atoms with van der Waals surface area (Å²) in [6.45, 7) is 1.06. The van der Waals surface area contributed by atoms with E-state index in [-0.39, 0.29) is 5.91 Å². The summed E-state index contributed by atoms with van der Waals surface area (Å²) in [5.41, 5.74) is 5.07. The quantitative estimate of drug-likeness (QED) is 0.893. The highest BCUT2D eigenvalue weighted by atomic mass is 79.9. The molecule has 0 aliphatic rings. The lowest BCUT2D eigenvalue weighted by molar-refractivity contribution is -0.118. The number of likely N-dealkylation sites (N-methyl/N-ethyl adjacent to an activating group) is 1. The second-order valence-electron chi connectivity index (χ2n) is 2.84. The van der Waals surface area contributed by atoms with Crippen molar-refractivity contribution < 1.29 is 4.79 Å². The van der Waals surface area contributed by atoms with E-state index >= 15 is 0 Å². The number of carbonyl (C=O) groups is 1. The Morgan fingerprint density at radius 3 is 2.85 bits per heavy atom. The topological polar surface area (TPSA) is 46.3 Å². The van der Waals surface area contributed by atoms with Crippen molar-refractivity contribution >= 4 is 33.2 Å². The third-order valence-corrected chi connectivity index (χ3v) is 3.09. The van der Waals surface area contributed by atoms with E-state index in [0.717, 1.165) is 10.3 Å². The number of nitrogens with zero attached hydrogens (tertiary/aromatic N) is 1. The molecule has 1 rings (SSSR count). The predicted octanol–water partition coefficient (Wildman–Crippen LogP) is 1.43. The standard InChI is InChI=1S/C8H11BrN2OS/c1-11(5-8(10)12)4-6-2-3-7(9)13-6/h2-3H,4-5H2,1H3,(H2,10,12). The van der Waals surface area contributed by atoms with Crippen molar-refractivity contribution in [3.8, 4) is 0 Å². The highest BCUT2D eigenvalue weighted by Gasteiger charge is 2.04. The number of thiophene rings is 1. The molecule has 0 spiro atoms. The Morgan fingerprint density at radius 2 is 2.38 bits per heavy atom. The summed E-state index contributed by atoms with van der Waals surface area (Å²) in [6, 6.07) is 4.03. The van der Waals surface area contributed by atoms with E-state index in [0.29, 0.717) is 6.54 Å². The van der Waals surface area contributed by atoms with Gasteiger partial charge in [-0.15, -0.1) is 11.3 Å². The summed E-state index contributed by atoms with van der Waals surface area (Å²) < 4.78 is 1.11. The number of halogens is 1. The van der Waals surface area contributed by atoms with Gasteiger partial charge >= 0.3 is 0 Å². The first-order chi connectivity index (χ1) is 6.08. The summed E-state index contributed by atoms with van der Waals surface area (Å²) in [5, 5.41) is 0. The van der Waals surface area contributed by atoms with Crippen molar-refractivity contribution in [1.29, 1.82) is 0 Å². The largest absolute Gasteiger partial charge is 0.369 e. The molecule has 0 radical (unpaired) electrons. The molecule has 0 saturated carbocycles. The van der Waals surface area contributed by atoms with Gasteiger partial charge in [-0.25, -0.2) is 0 Å². The molecule has 1 amide bonds. The van der Waals surface area contributed by atoms with E-state index in [1.54, 1.807) is 11.3 Å². The summed E-state index contributed by atoms with van der Waals surface area (Å²) >= 11 is 5.05. The summed E-state index contributed by atoms with van der Waals surface area (Å²) in [4.78, 5) is 13.7. The first-order valence-electron chi connectivity index (χ1n) is 3.79. The lowest BCUT2D eigenvalue weighted by atomic mass is 10.4. The molecule has 72 valence electrons. The molecule has 0 aliphatic carbocycles. The molecule has 13 heavy (non-hydrogen) atoms. The highest BCUT2D eigenvalue weighted by Crippen LogP contribution is 2.22. The second kappa shape index (κ2) is 4.74. The zero-order valence-electron chi connectivity index (χ0n) is 7.29. The maximum atomic E-state index is 10.6. The average molecular weight is 263 g/mol. The maximum absolute atomic E-state index is 10.6. The number of amides is 1. The van der Waals surface area contributed by atoms with Gasteiger partial charge in [0.2, 0.25) is 5.91 Å². The molecule has 0 aromatic carbocycles. The van der Waals surface area contributed by atoms with Gasteiger partial charge in [0.15, 0.2) is 0 Å². The minimum Gasteiger partial charge on any atom is -0.369 e. The number of primary amides is 1. The Labute approximate surface area is 89.7 Å². The van der Waals surface area contributed by atoms with E-state index in [9.17, 15) is 4.79 Å². The molecule has 0 bridgehead atoms. The Hall–Kier alpha value is -0.390. The molecule has 1 heterocycles. The van der Waals surface area contributed by atoms with E-state index in [1.807, 2.05) is 24.1 Å². The number of hydrogen-bond acceptors (Lipinski definition) is 3. The van der Waals surface area contributed by atoms with Crippen molar-refractivity contribution in [2.45, 2.75) is 6.54 Å². The van der Waals surface area contributed by atoms with Crippen LogP contribution in [0.3, 0.4) is 0 Å². The van der Waals surface area contributed by atoms with Gasteiger partial charge < -0.3 is 5.73 Å². The molecular weight excluding hydrogens is 252 g/mol. The number of hydrogen-bond donors (Lipinski definition) is 1. The van der Waals surface area contributed by atoms with Gasteiger partial charge in [-0.2, -0.15) is 0 Å². The van der Waals surface area contributed by atoms with Gasteiger partial charge in [-0.1, -0.05) is 0 Å². The molecule has 0 saturated heterocycles. The van der Waals surface area contributed by atoms with Gasteiger partial charge in [-0.05, 0) is 35.1 Å². The number of rotatable bonds is 4. The Morgan fingerprint density at radius 1 is 1.69 bits per heavy atom. The zero-order chi connectivity index (χ0) is 9.84. The van der Waals surface area contributed by atoms with Gasteiger partial charge in [0.25, 0.3) is 0 Å². The number of nitrogens with two attached hydrogens (primary N) is 1. The van der Waals surface area contributed by atoms with E-state index in [2.05, 4.69) is 15.9 Å². The lowest BCUT2D eigenvalue weighted by Crippen LogP contribution is -2.29. The van der Waals surface area contributed by atoms with Crippen molar-refractivity contribution in [2.24, 2.45) is 5.73 Å². The molecular formula is C8H11BrN2OS.